The lowest BCUT2D eigenvalue weighted by Crippen LogP contribution is -2.13. The number of rotatable bonds is 2. The summed E-state index contributed by atoms with van der Waals surface area (Å²) in [4.78, 5) is 12.3. The molecule has 0 unspecified atom stereocenters. The van der Waals surface area contributed by atoms with E-state index in [0.717, 1.165) is 0 Å². The van der Waals surface area contributed by atoms with Gasteiger partial charge in [-0.3, -0.25) is 4.79 Å². The fourth-order valence-electron chi connectivity index (χ4n) is 1.71. The Morgan fingerprint density at radius 1 is 1.19 bits per heavy atom. The van der Waals surface area contributed by atoms with Gasteiger partial charge >= 0.3 is 0 Å². The van der Waals surface area contributed by atoms with Crippen LogP contribution in [0.25, 0.3) is 0 Å². The monoisotopic (exact) mass is 319 g/mol. The molecule has 2 aromatic carbocycles. The molecule has 2 aromatic rings. The normalized spacial score (nSPS) is 9.67. The zero-order valence-electron chi connectivity index (χ0n) is 10.9. The van der Waals surface area contributed by atoms with Gasteiger partial charge in [-0.25, -0.2) is 0 Å². The number of carbonyl (C=O) groups excluding carboxylic acids is 1. The summed E-state index contributed by atoms with van der Waals surface area (Å²) in [5.74, 6) is 4.93. The van der Waals surface area contributed by atoms with E-state index in [1.807, 2.05) is 0 Å². The fourth-order valence-corrected chi connectivity index (χ4v) is 2.16. The van der Waals surface area contributed by atoms with Crippen molar-refractivity contribution >= 4 is 34.8 Å². The number of anilines is 1. The molecule has 21 heavy (non-hydrogen) atoms. The van der Waals surface area contributed by atoms with Crippen molar-refractivity contribution in [3.05, 3.63) is 63.6 Å². The highest BCUT2D eigenvalue weighted by Gasteiger charge is 2.11. The number of hydrogen-bond donors (Lipinski definition) is 2. The van der Waals surface area contributed by atoms with Gasteiger partial charge in [0.1, 0.15) is 6.61 Å². The van der Waals surface area contributed by atoms with Crippen LogP contribution in [0.2, 0.25) is 10.0 Å². The maximum absolute atomic E-state index is 12.3. The van der Waals surface area contributed by atoms with Crippen LogP contribution in [0.4, 0.5) is 5.69 Å². The Hall–Kier alpha value is -1.99. The molecule has 1 amide bonds. The van der Waals surface area contributed by atoms with E-state index < -0.39 is 0 Å². The van der Waals surface area contributed by atoms with E-state index in [1.165, 1.54) is 0 Å². The predicted molar refractivity (Wildman–Crippen MR) is 84.8 cm³/mol. The third kappa shape index (κ3) is 3.99. The summed E-state index contributed by atoms with van der Waals surface area (Å²) in [5, 5.41) is 12.3. The van der Waals surface area contributed by atoms with Crippen LogP contribution in [0.15, 0.2) is 42.5 Å². The lowest BCUT2D eigenvalue weighted by atomic mass is 10.1. The lowest BCUT2D eigenvalue weighted by Gasteiger charge is -2.08. The molecule has 0 aliphatic carbocycles. The van der Waals surface area contributed by atoms with E-state index >= 15 is 0 Å². The minimum Gasteiger partial charge on any atom is -0.384 e. The molecule has 0 fully saturated rings. The second-order valence-electron chi connectivity index (χ2n) is 4.08. The molecule has 0 aliphatic rings. The Kier molecular flexibility index (Phi) is 5.24. The van der Waals surface area contributed by atoms with Gasteiger partial charge in [-0.1, -0.05) is 47.2 Å². The average Bonchev–Trinajstić information content (AvgIpc) is 2.48. The SMILES string of the molecule is O=C(Nc1ccc(Cl)cc1Cl)c1ccccc1C#CCO. The van der Waals surface area contributed by atoms with Gasteiger partial charge in [0.05, 0.1) is 16.3 Å². The first kappa shape index (κ1) is 15.4. The van der Waals surface area contributed by atoms with E-state index in [0.29, 0.717) is 26.9 Å². The maximum Gasteiger partial charge on any atom is 0.256 e. The smallest absolute Gasteiger partial charge is 0.256 e. The highest BCUT2D eigenvalue weighted by molar-refractivity contribution is 6.36. The Labute approximate surface area is 132 Å². The topological polar surface area (TPSA) is 49.3 Å². The molecule has 0 aliphatic heterocycles. The Morgan fingerprint density at radius 3 is 2.67 bits per heavy atom. The Morgan fingerprint density at radius 2 is 1.95 bits per heavy atom. The predicted octanol–water partition coefficient (Wildman–Crippen LogP) is 3.59. The quantitative estimate of drug-likeness (QED) is 0.831. The summed E-state index contributed by atoms with van der Waals surface area (Å²) >= 11 is 11.8. The number of halogens is 2. The molecule has 5 heteroatoms. The molecule has 3 nitrogen and oxygen atoms in total. The molecule has 0 heterocycles. The molecule has 2 rings (SSSR count). The summed E-state index contributed by atoms with van der Waals surface area (Å²) < 4.78 is 0. The van der Waals surface area contributed by atoms with E-state index in [4.69, 9.17) is 28.3 Å². The number of hydrogen-bond acceptors (Lipinski definition) is 2. The van der Waals surface area contributed by atoms with E-state index in [9.17, 15) is 4.79 Å². The van der Waals surface area contributed by atoms with Crippen LogP contribution >= 0.6 is 23.2 Å². The first-order valence-corrected chi connectivity index (χ1v) is 6.82. The summed E-state index contributed by atoms with van der Waals surface area (Å²) in [6.45, 7) is -0.265. The number of carbonyl (C=O) groups is 1. The van der Waals surface area contributed by atoms with E-state index in [-0.39, 0.29) is 12.5 Å². The molecular weight excluding hydrogens is 309 g/mol. The van der Waals surface area contributed by atoms with Gasteiger partial charge in [-0.2, -0.15) is 0 Å². The van der Waals surface area contributed by atoms with Gasteiger partial charge < -0.3 is 10.4 Å². The van der Waals surface area contributed by atoms with Crippen LogP contribution in [-0.4, -0.2) is 17.6 Å². The molecular formula is C16H11Cl2NO2. The highest BCUT2D eigenvalue weighted by Crippen LogP contribution is 2.26. The van der Waals surface area contributed by atoms with Crippen molar-refractivity contribution < 1.29 is 9.90 Å². The fraction of sp³-hybridized carbons (Fsp3) is 0.0625. The maximum atomic E-state index is 12.3. The van der Waals surface area contributed by atoms with Crippen molar-refractivity contribution in [2.24, 2.45) is 0 Å². The van der Waals surface area contributed by atoms with Gasteiger partial charge in [0.15, 0.2) is 0 Å². The zero-order chi connectivity index (χ0) is 15.2. The first-order chi connectivity index (χ1) is 10.1. The van der Waals surface area contributed by atoms with Crippen molar-refractivity contribution in [3.63, 3.8) is 0 Å². The second-order valence-corrected chi connectivity index (χ2v) is 4.93. The molecule has 0 bridgehead atoms. The summed E-state index contributed by atoms with van der Waals surface area (Å²) in [7, 11) is 0. The minimum absolute atomic E-state index is 0.265. The van der Waals surface area contributed by atoms with Gasteiger partial charge in [-0.05, 0) is 30.3 Å². The number of nitrogens with one attached hydrogen (secondary N) is 1. The van der Waals surface area contributed by atoms with E-state index in [1.54, 1.807) is 42.5 Å². The van der Waals surface area contributed by atoms with Gasteiger partial charge in [0.2, 0.25) is 0 Å². The third-order valence-electron chi connectivity index (χ3n) is 2.65. The number of aliphatic hydroxyl groups excluding tert-OH is 1. The third-order valence-corrected chi connectivity index (χ3v) is 3.20. The van der Waals surface area contributed by atoms with Crippen LogP contribution in [0, 0.1) is 11.8 Å². The molecule has 0 aromatic heterocycles. The van der Waals surface area contributed by atoms with Crippen LogP contribution in [0.1, 0.15) is 15.9 Å². The van der Waals surface area contributed by atoms with Gasteiger partial charge in [0, 0.05) is 10.6 Å². The molecule has 0 spiro atoms. The number of amides is 1. The Bertz CT molecular complexity index is 733. The van der Waals surface area contributed by atoms with Gasteiger partial charge in [0.25, 0.3) is 5.91 Å². The number of aliphatic hydroxyl groups is 1. The molecule has 0 saturated heterocycles. The largest absolute Gasteiger partial charge is 0.384 e. The summed E-state index contributed by atoms with van der Waals surface area (Å²) in [5.41, 5.74) is 1.41. The van der Waals surface area contributed by atoms with Crippen LogP contribution < -0.4 is 5.32 Å². The van der Waals surface area contributed by atoms with Crippen LogP contribution in [0.5, 0.6) is 0 Å². The minimum atomic E-state index is -0.331. The standard InChI is InChI=1S/C16H11Cl2NO2/c17-12-7-8-15(14(18)10-12)19-16(21)13-6-2-1-4-11(13)5-3-9-20/h1-2,4,6-8,10,20H,9H2,(H,19,21). The molecule has 0 radical (unpaired) electrons. The van der Waals surface area contributed by atoms with Crippen LogP contribution in [0.3, 0.4) is 0 Å². The van der Waals surface area contributed by atoms with Crippen molar-refractivity contribution in [2.45, 2.75) is 0 Å². The molecule has 0 saturated carbocycles. The Balaban J connectivity index is 2.28. The summed E-state index contributed by atoms with van der Waals surface area (Å²) in [6.07, 6.45) is 0. The molecule has 106 valence electrons. The molecule has 0 atom stereocenters. The number of benzene rings is 2. The van der Waals surface area contributed by atoms with Crippen molar-refractivity contribution in [2.75, 3.05) is 11.9 Å². The van der Waals surface area contributed by atoms with Crippen molar-refractivity contribution in [1.29, 1.82) is 0 Å². The molecule has 2 N–H and O–H groups in total. The van der Waals surface area contributed by atoms with Crippen LogP contribution in [-0.2, 0) is 0 Å². The lowest BCUT2D eigenvalue weighted by molar-refractivity contribution is 0.102. The van der Waals surface area contributed by atoms with Crippen molar-refractivity contribution in [3.8, 4) is 11.8 Å². The van der Waals surface area contributed by atoms with Crippen molar-refractivity contribution in [1.82, 2.24) is 0 Å². The van der Waals surface area contributed by atoms with E-state index in [2.05, 4.69) is 17.2 Å². The zero-order valence-corrected chi connectivity index (χ0v) is 12.4. The second kappa shape index (κ2) is 7.14. The first-order valence-electron chi connectivity index (χ1n) is 6.07. The summed E-state index contributed by atoms with van der Waals surface area (Å²) in [6, 6.07) is 11.7. The van der Waals surface area contributed by atoms with Gasteiger partial charge in [-0.15, -0.1) is 0 Å². The average molecular weight is 320 g/mol. The highest BCUT2D eigenvalue weighted by atomic mass is 35.5.